The van der Waals surface area contributed by atoms with Gasteiger partial charge in [0.1, 0.15) is 17.4 Å². The minimum atomic E-state index is -0.645. The Labute approximate surface area is 160 Å². The lowest BCUT2D eigenvalue weighted by atomic mass is 9.71. The van der Waals surface area contributed by atoms with Crippen molar-refractivity contribution in [3.05, 3.63) is 35.4 Å². The van der Waals surface area contributed by atoms with Gasteiger partial charge in [-0.25, -0.2) is 8.78 Å². The van der Waals surface area contributed by atoms with Crippen molar-refractivity contribution in [2.45, 2.75) is 65.7 Å². The molecule has 0 aromatic heterocycles. The third-order valence-electron chi connectivity index (χ3n) is 5.66. The fraction of sp³-hybridized carbons (Fsp3) is 0.636. The lowest BCUT2D eigenvalue weighted by Gasteiger charge is -2.31. The van der Waals surface area contributed by atoms with Crippen LogP contribution in [0.2, 0.25) is 0 Å². The van der Waals surface area contributed by atoms with Crippen molar-refractivity contribution in [1.29, 1.82) is 0 Å². The second-order valence-corrected chi connectivity index (χ2v) is 8.93. The van der Waals surface area contributed by atoms with E-state index < -0.39 is 34.8 Å². The maximum absolute atomic E-state index is 13.4. The summed E-state index contributed by atoms with van der Waals surface area (Å²) in [5.41, 5.74) is 5.58. The third-order valence-corrected chi connectivity index (χ3v) is 5.66. The molecule has 1 aliphatic rings. The first kappa shape index (κ1) is 21.5. The summed E-state index contributed by atoms with van der Waals surface area (Å²) in [5.74, 6) is -2.37. The molecule has 1 saturated carbocycles. The van der Waals surface area contributed by atoms with Gasteiger partial charge in [-0.05, 0) is 42.9 Å². The highest BCUT2D eigenvalue weighted by Crippen LogP contribution is 2.37. The van der Waals surface area contributed by atoms with Gasteiger partial charge in [0, 0.05) is 23.3 Å². The average Bonchev–Trinajstić information content (AvgIpc) is 3.04. The number of amides is 1. The number of carbonyl (C=O) groups excluding carboxylic acids is 2. The molecule has 27 heavy (non-hydrogen) atoms. The van der Waals surface area contributed by atoms with Crippen molar-refractivity contribution < 1.29 is 18.4 Å². The van der Waals surface area contributed by atoms with Crippen LogP contribution in [-0.4, -0.2) is 11.7 Å². The summed E-state index contributed by atoms with van der Waals surface area (Å²) in [6.07, 6.45) is 5.76. The van der Waals surface area contributed by atoms with Crippen LogP contribution < -0.4 is 5.73 Å². The third kappa shape index (κ3) is 6.12. The summed E-state index contributed by atoms with van der Waals surface area (Å²) in [6.45, 7) is 5.57. The summed E-state index contributed by atoms with van der Waals surface area (Å²) in [4.78, 5) is 25.3. The number of hydrogen-bond acceptors (Lipinski definition) is 2. The van der Waals surface area contributed by atoms with E-state index in [0.717, 1.165) is 31.7 Å². The molecule has 2 N–H and O–H groups in total. The largest absolute Gasteiger partial charge is 0.369 e. The Hall–Kier alpha value is -1.78. The quantitative estimate of drug-likeness (QED) is 0.704. The molecule has 1 aromatic rings. The number of halogens is 2. The minimum Gasteiger partial charge on any atom is -0.369 e. The lowest BCUT2D eigenvalue weighted by molar-refractivity contribution is -0.138. The predicted molar refractivity (Wildman–Crippen MR) is 102 cm³/mol. The molecular weight excluding hydrogens is 348 g/mol. The van der Waals surface area contributed by atoms with E-state index >= 15 is 0 Å². The number of aryl methyl sites for hydroxylation is 1. The monoisotopic (exact) mass is 379 g/mol. The van der Waals surface area contributed by atoms with Gasteiger partial charge in [-0.2, -0.15) is 0 Å². The van der Waals surface area contributed by atoms with Gasteiger partial charge in [-0.15, -0.1) is 0 Å². The Balaban J connectivity index is 2.20. The van der Waals surface area contributed by atoms with Crippen molar-refractivity contribution in [1.82, 2.24) is 0 Å². The first-order chi connectivity index (χ1) is 12.6. The molecule has 1 fully saturated rings. The first-order valence-corrected chi connectivity index (χ1v) is 9.86. The van der Waals surface area contributed by atoms with E-state index in [9.17, 15) is 18.4 Å². The Morgan fingerprint density at radius 1 is 1.07 bits per heavy atom. The Bertz CT molecular complexity index is 655. The highest BCUT2D eigenvalue weighted by Gasteiger charge is 2.39. The van der Waals surface area contributed by atoms with Crippen LogP contribution in [0.25, 0.3) is 0 Å². The van der Waals surface area contributed by atoms with Gasteiger partial charge in [0.2, 0.25) is 5.91 Å². The number of ketones is 1. The number of hydrogen-bond donors (Lipinski definition) is 1. The number of benzene rings is 1. The molecule has 1 aromatic carbocycles. The van der Waals surface area contributed by atoms with E-state index in [-0.39, 0.29) is 5.78 Å². The predicted octanol–water partition coefficient (Wildman–Crippen LogP) is 4.81. The first-order valence-electron chi connectivity index (χ1n) is 9.86. The van der Waals surface area contributed by atoms with E-state index in [4.69, 9.17) is 5.73 Å². The van der Waals surface area contributed by atoms with Gasteiger partial charge in [-0.1, -0.05) is 46.5 Å². The van der Waals surface area contributed by atoms with Crippen LogP contribution in [0.1, 0.15) is 64.9 Å². The van der Waals surface area contributed by atoms with E-state index in [1.807, 2.05) is 20.8 Å². The Morgan fingerprint density at radius 2 is 1.63 bits per heavy atom. The second-order valence-electron chi connectivity index (χ2n) is 8.93. The maximum Gasteiger partial charge on any atom is 0.221 e. The van der Waals surface area contributed by atoms with Crippen LogP contribution in [0.15, 0.2) is 18.2 Å². The van der Waals surface area contributed by atoms with Crippen molar-refractivity contribution >= 4 is 11.7 Å². The molecule has 0 bridgehead atoms. The molecule has 0 radical (unpaired) electrons. The fourth-order valence-electron chi connectivity index (χ4n) is 4.23. The molecular formula is C22H31F2NO2. The van der Waals surface area contributed by atoms with E-state index in [2.05, 4.69) is 0 Å². The molecule has 0 unspecified atom stereocenters. The molecule has 1 amide bonds. The number of rotatable bonds is 8. The molecule has 1 aliphatic carbocycles. The van der Waals surface area contributed by atoms with E-state index in [1.54, 1.807) is 0 Å². The molecule has 0 aliphatic heterocycles. The molecule has 2 rings (SSSR count). The van der Waals surface area contributed by atoms with Crippen molar-refractivity contribution in [3.63, 3.8) is 0 Å². The molecule has 150 valence electrons. The summed E-state index contributed by atoms with van der Waals surface area (Å²) in [7, 11) is 0. The zero-order chi connectivity index (χ0) is 20.2. The summed E-state index contributed by atoms with van der Waals surface area (Å²) in [5, 5.41) is 0. The molecule has 5 heteroatoms. The maximum atomic E-state index is 13.4. The zero-order valence-corrected chi connectivity index (χ0v) is 16.6. The highest BCUT2D eigenvalue weighted by molar-refractivity contribution is 5.91. The van der Waals surface area contributed by atoms with Crippen LogP contribution in [0, 0.1) is 34.8 Å². The summed E-state index contributed by atoms with van der Waals surface area (Å²) >= 11 is 0. The molecule has 0 heterocycles. The minimum absolute atomic E-state index is 0.0450. The van der Waals surface area contributed by atoms with Gasteiger partial charge in [0.25, 0.3) is 0 Å². The van der Waals surface area contributed by atoms with Crippen molar-refractivity contribution in [3.8, 4) is 0 Å². The van der Waals surface area contributed by atoms with E-state index in [1.165, 1.54) is 12.1 Å². The van der Waals surface area contributed by atoms with Crippen LogP contribution in [0.5, 0.6) is 0 Å². The number of Topliss-reactive ketones (excluding diaryl/α,β-unsaturated/α-hetero) is 1. The van der Waals surface area contributed by atoms with Crippen LogP contribution in [-0.2, 0) is 16.0 Å². The topological polar surface area (TPSA) is 60.2 Å². The molecule has 0 saturated heterocycles. The van der Waals surface area contributed by atoms with Gasteiger partial charge in [0.15, 0.2) is 0 Å². The zero-order valence-electron chi connectivity index (χ0n) is 16.6. The van der Waals surface area contributed by atoms with Crippen LogP contribution in [0.4, 0.5) is 8.78 Å². The number of nitrogens with two attached hydrogens (primary N) is 1. The number of primary amides is 1. The Morgan fingerprint density at radius 3 is 2.11 bits per heavy atom. The molecule has 0 spiro atoms. The standard InChI is InChI=1S/C22H31F2NO2/c1-22(2,3)20(26)19(12-14-6-4-5-7-14)18(21(25)27)9-8-15-10-16(23)13-17(24)11-15/h10-11,13-14,18-19H,4-9,12H2,1-3H3,(H2,25,27)/t18-,19+/m0/s1. The molecule has 3 nitrogen and oxygen atoms in total. The fourth-order valence-corrected chi connectivity index (χ4v) is 4.23. The van der Waals surface area contributed by atoms with Gasteiger partial charge in [0.05, 0.1) is 0 Å². The Kier molecular flexibility index (Phi) is 7.12. The second kappa shape index (κ2) is 8.94. The van der Waals surface area contributed by atoms with Gasteiger partial charge in [-0.3, -0.25) is 9.59 Å². The average molecular weight is 379 g/mol. The summed E-state index contributed by atoms with van der Waals surface area (Å²) in [6, 6.07) is 3.35. The van der Waals surface area contributed by atoms with E-state index in [0.29, 0.717) is 30.7 Å². The van der Waals surface area contributed by atoms with Crippen LogP contribution in [0.3, 0.4) is 0 Å². The summed E-state index contributed by atoms with van der Waals surface area (Å²) < 4.78 is 26.9. The van der Waals surface area contributed by atoms with Crippen molar-refractivity contribution in [2.24, 2.45) is 28.9 Å². The normalized spacial score (nSPS) is 17.7. The van der Waals surface area contributed by atoms with Crippen LogP contribution >= 0.6 is 0 Å². The van der Waals surface area contributed by atoms with Gasteiger partial charge >= 0.3 is 0 Å². The smallest absolute Gasteiger partial charge is 0.221 e. The number of carbonyl (C=O) groups is 2. The lowest BCUT2D eigenvalue weighted by Crippen LogP contribution is -2.40. The van der Waals surface area contributed by atoms with Gasteiger partial charge < -0.3 is 5.73 Å². The SMILES string of the molecule is CC(C)(C)C(=O)[C@H](CC1CCCC1)[C@H](CCc1cc(F)cc(F)c1)C(N)=O. The highest BCUT2D eigenvalue weighted by atomic mass is 19.1. The van der Waals surface area contributed by atoms with Crippen molar-refractivity contribution in [2.75, 3.05) is 0 Å². The molecule has 2 atom stereocenters.